The second kappa shape index (κ2) is 5.58. The van der Waals surface area contributed by atoms with E-state index < -0.39 is 10.0 Å². The van der Waals surface area contributed by atoms with Crippen LogP contribution in [0, 0.1) is 16.7 Å². The molecule has 1 saturated heterocycles. The van der Waals surface area contributed by atoms with E-state index in [0.29, 0.717) is 12.0 Å². The van der Waals surface area contributed by atoms with Crippen LogP contribution in [0.5, 0.6) is 0 Å². The number of primary sulfonamides is 1. The summed E-state index contributed by atoms with van der Waals surface area (Å²) >= 11 is 0. The van der Waals surface area contributed by atoms with Crippen LogP contribution in [0.15, 0.2) is 0 Å². The average molecular weight is 303 g/mol. The van der Waals surface area contributed by atoms with E-state index >= 15 is 0 Å². The molecule has 1 spiro atoms. The Labute approximate surface area is 123 Å². The molecule has 0 bridgehead atoms. The van der Waals surface area contributed by atoms with Gasteiger partial charge in [-0.05, 0) is 48.9 Å². The van der Waals surface area contributed by atoms with Crippen LogP contribution in [0.4, 0.5) is 0 Å². The molecular weight excluding hydrogens is 274 g/mol. The quantitative estimate of drug-likeness (QED) is 0.868. The van der Waals surface area contributed by atoms with Gasteiger partial charge in [-0.15, -0.1) is 0 Å². The molecule has 0 radical (unpaired) electrons. The van der Waals surface area contributed by atoms with Crippen LogP contribution in [-0.2, 0) is 14.8 Å². The Balaban J connectivity index is 2.04. The number of rotatable bonds is 4. The second-order valence-electron chi connectivity index (χ2n) is 7.42. The minimum absolute atomic E-state index is 0.0190. The summed E-state index contributed by atoms with van der Waals surface area (Å²) in [5.41, 5.74) is 0.448. The molecular formula is C15H29NO3S. The van der Waals surface area contributed by atoms with Crippen molar-refractivity contribution in [1.29, 1.82) is 0 Å². The van der Waals surface area contributed by atoms with Gasteiger partial charge in [-0.25, -0.2) is 13.6 Å². The Kier molecular flexibility index (Phi) is 4.53. The van der Waals surface area contributed by atoms with Crippen molar-refractivity contribution in [2.45, 2.75) is 65.4 Å². The number of nitrogens with two attached hydrogens (primary N) is 1. The molecule has 1 saturated carbocycles. The standard InChI is InChI=1S/C15H29NO3S/c1-4-14(2,3)12-5-7-15(8-6-12)9-10-19-13(15)11-20(16,17)18/h12-13H,4-11H2,1-3H3,(H2,16,17,18). The van der Waals surface area contributed by atoms with Gasteiger partial charge in [0.25, 0.3) is 0 Å². The Morgan fingerprint density at radius 3 is 2.35 bits per heavy atom. The van der Waals surface area contributed by atoms with Gasteiger partial charge in [0.05, 0.1) is 11.9 Å². The van der Waals surface area contributed by atoms with Gasteiger partial charge in [-0.1, -0.05) is 27.2 Å². The second-order valence-corrected chi connectivity index (χ2v) is 9.08. The highest BCUT2D eigenvalue weighted by Gasteiger charge is 2.48. The Hall–Kier alpha value is -0.130. The molecule has 0 aromatic heterocycles. The molecule has 1 aliphatic heterocycles. The van der Waals surface area contributed by atoms with Gasteiger partial charge in [-0.2, -0.15) is 0 Å². The zero-order chi connectivity index (χ0) is 15.0. The first kappa shape index (κ1) is 16.2. The van der Waals surface area contributed by atoms with E-state index in [4.69, 9.17) is 9.88 Å². The first-order chi connectivity index (χ1) is 9.19. The molecule has 5 heteroatoms. The molecule has 2 rings (SSSR count). The molecule has 2 fully saturated rings. The first-order valence-corrected chi connectivity index (χ1v) is 9.52. The minimum atomic E-state index is -3.45. The molecule has 1 unspecified atom stereocenters. The lowest BCUT2D eigenvalue weighted by Crippen LogP contribution is -2.42. The van der Waals surface area contributed by atoms with E-state index in [1.165, 1.54) is 19.3 Å². The van der Waals surface area contributed by atoms with Gasteiger partial charge < -0.3 is 4.74 Å². The average Bonchev–Trinajstić information content (AvgIpc) is 2.71. The van der Waals surface area contributed by atoms with Crippen molar-refractivity contribution in [3.8, 4) is 0 Å². The lowest BCUT2D eigenvalue weighted by atomic mass is 9.61. The number of sulfonamides is 1. The van der Waals surface area contributed by atoms with Crippen molar-refractivity contribution in [1.82, 2.24) is 0 Å². The van der Waals surface area contributed by atoms with Gasteiger partial charge >= 0.3 is 0 Å². The summed E-state index contributed by atoms with van der Waals surface area (Å²) in [7, 11) is -3.45. The fourth-order valence-electron chi connectivity index (χ4n) is 4.01. The molecule has 1 atom stereocenters. The van der Waals surface area contributed by atoms with Gasteiger partial charge in [0, 0.05) is 6.61 Å². The van der Waals surface area contributed by atoms with E-state index in [1.54, 1.807) is 0 Å². The highest BCUT2D eigenvalue weighted by Crippen LogP contribution is 2.52. The molecule has 0 amide bonds. The lowest BCUT2D eigenvalue weighted by molar-refractivity contribution is 0.0140. The van der Waals surface area contributed by atoms with Crippen molar-refractivity contribution < 1.29 is 13.2 Å². The highest BCUT2D eigenvalue weighted by atomic mass is 32.2. The van der Waals surface area contributed by atoms with Crippen LogP contribution in [0.3, 0.4) is 0 Å². The van der Waals surface area contributed by atoms with E-state index in [2.05, 4.69) is 20.8 Å². The number of hydrogen-bond acceptors (Lipinski definition) is 3. The van der Waals surface area contributed by atoms with E-state index in [1.807, 2.05) is 0 Å². The van der Waals surface area contributed by atoms with Crippen molar-refractivity contribution in [3.63, 3.8) is 0 Å². The molecule has 118 valence electrons. The third kappa shape index (κ3) is 3.37. The first-order valence-electron chi connectivity index (χ1n) is 7.81. The molecule has 0 aromatic carbocycles. The van der Waals surface area contributed by atoms with Crippen molar-refractivity contribution in [2.75, 3.05) is 12.4 Å². The molecule has 0 aromatic rings. The van der Waals surface area contributed by atoms with Gasteiger partial charge in [-0.3, -0.25) is 0 Å². The smallest absolute Gasteiger partial charge is 0.211 e. The highest BCUT2D eigenvalue weighted by molar-refractivity contribution is 7.89. The van der Waals surface area contributed by atoms with E-state index in [-0.39, 0.29) is 17.3 Å². The molecule has 1 heterocycles. The monoisotopic (exact) mass is 303 g/mol. The third-order valence-corrected chi connectivity index (χ3v) is 6.75. The maximum absolute atomic E-state index is 11.4. The zero-order valence-electron chi connectivity index (χ0n) is 13.0. The minimum Gasteiger partial charge on any atom is -0.377 e. The van der Waals surface area contributed by atoms with E-state index in [9.17, 15) is 8.42 Å². The Morgan fingerprint density at radius 1 is 1.25 bits per heavy atom. The molecule has 1 aliphatic carbocycles. The van der Waals surface area contributed by atoms with Crippen molar-refractivity contribution >= 4 is 10.0 Å². The maximum Gasteiger partial charge on any atom is 0.211 e. The zero-order valence-corrected chi connectivity index (χ0v) is 13.8. The Bertz CT molecular complexity index is 436. The number of hydrogen-bond donors (Lipinski definition) is 1. The summed E-state index contributed by atoms with van der Waals surface area (Å²) in [6.45, 7) is 7.64. The summed E-state index contributed by atoms with van der Waals surface area (Å²) in [6, 6.07) is 0. The molecule has 2 N–H and O–H groups in total. The van der Waals surface area contributed by atoms with Crippen LogP contribution in [0.2, 0.25) is 0 Å². The lowest BCUT2D eigenvalue weighted by Gasteiger charge is -2.45. The van der Waals surface area contributed by atoms with Crippen LogP contribution in [-0.4, -0.2) is 26.9 Å². The summed E-state index contributed by atoms with van der Waals surface area (Å²) < 4.78 is 28.5. The summed E-state index contributed by atoms with van der Waals surface area (Å²) in [6.07, 6.45) is 6.54. The van der Waals surface area contributed by atoms with Crippen LogP contribution >= 0.6 is 0 Å². The fourth-order valence-corrected chi connectivity index (χ4v) is 4.88. The largest absolute Gasteiger partial charge is 0.377 e. The predicted molar refractivity (Wildman–Crippen MR) is 80.8 cm³/mol. The normalized spacial score (nSPS) is 35.6. The third-order valence-electron chi connectivity index (χ3n) is 5.98. The molecule has 4 nitrogen and oxygen atoms in total. The number of ether oxygens (including phenoxy) is 1. The van der Waals surface area contributed by atoms with Crippen molar-refractivity contribution in [3.05, 3.63) is 0 Å². The fraction of sp³-hybridized carbons (Fsp3) is 1.00. The Morgan fingerprint density at radius 2 is 1.85 bits per heavy atom. The SMILES string of the molecule is CCC(C)(C)C1CCC2(CCOC2CS(N)(=O)=O)CC1. The summed E-state index contributed by atoms with van der Waals surface area (Å²) in [4.78, 5) is 0. The molecule has 20 heavy (non-hydrogen) atoms. The van der Waals surface area contributed by atoms with Gasteiger partial charge in [0.15, 0.2) is 0 Å². The van der Waals surface area contributed by atoms with Crippen LogP contribution < -0.4 is 5.14 Å². The summed E-state index contributed by atoms with van der Waals surface area (Å²) in [5.74, 6) is 0.725. The van der Waals surface area contributed by atoms with Crippen LogP contribution in [0.25, 0.3) is 0 Å². The molecule has 2 aliphatic rings. The van der Waals surface area contributed by atoms with Crippen LogP contribution in [0.1, 0.15) is 59.3 Å². The predicted octanol–water partition coefficient (Wildman–Crippen LogP) is 2.68. The van der Waals surface area contributed by atoms with Crippen molar-refractivity contribution in [2.24, 2.45) is 21.9 Å². The van der Waals surface area contributed by atoms with Gasteiger partial charge in [0.2, 0.25) is 10.0 Å². The maximum atomic E-state index is 11.4. The topological polar surface area (TPSA) is 69.4 Å². The summed E-state index contributed by atoms with van der Waals surface area (Å²) in [5, 5.41) is 5.22. The van der Waals surface area contributed by atoms with Gasteiger partial charge in [0.1, 0.15) is 0 Å². The van der Waals surface area contributed by atoms with E-state index in [0.717, 1.165) is 25.2 Å².